The van der Waals surface area contributed by atoms with Gasteiger partial charge in [0.25, 0.3) is 10.0 Å². The van der Waals surface area contributed by atoms with Gasteiger partial charge in [-0.2, -0.15) is 0 Å². The molecule has 0 unspecified atom stereocenters. The van der Waals surface area contributed by atoms with Crippen molar-refractivity contribution in [3.05, 3.63) is 29.3 Å². The van der Waals surface area contributed by atoms with E-state index in [1.54, 1.807) is 32.0 Å². The van der Waals surface area contributed by atoms with E-state index < -0.39 is 10.0 Å². The zero-order chi connectivity index (χ0) is 10.9. The molecule has 0 aromatic heterocycles. The van der Waals surface area contributed by atoms with Crippen molar-refractivity contribution in [2.24, 2.45) is 5.84 Å². The molecule has 0 heterocycles. The predicted octanol–water partition coefficient (Wildman–Crippen LogP) is 1.32. The van der Waals surface area contributed by atoms with Gasteiger partial charge in [-0.05, 0) is 28.9 Å². The van der Waals surface area contributed by atoms with Crippen LogP contribution in [0.5, 0.6) is 0 Å². The third-order valence-electron chi connectivity index (χ3n) is 1.90. The molecule has 1 aromatic carbocycles. The number of nitrogens with zero attached hydrogens (tertiary/aromatic N) is 1. The van der Waals surface area contributed by atoms with Gasteiger partial charge in [0, 0.05) is 11.8 Å². The van der Waals surface area contributed by atoms with E-state index in [0.29, 0.717) is 11.1 Å². The Kier molecular flexibility index (Phi) is 3.16. The Labute approximate surface area is 88.4 Å². The number of aryl methyl sites for hydroxylation is 2. The minimum atomic E-state index is -3.76. The molecule has 0 aliphatic heterocycles. The Morgan fingerprint density at radius 2 is 1.71 bits per heavy atom. The monoisotopic (exact) mass is 234 g/mol. The molecule has 4 nitrogen and oxygen atoms in total. The molecule has 0 aliphatic carbocycles. The molecule has 0 atom stereocenters. The molecule has 1 aromatic rings. The van der Waals surface area contributed by atoms with Crippen molar-refractivity contribution in [2.45, 2.75) is 18.7 Å². The van der Waals surface area contributed by atoms with E-state index >= 15 is 0 Å². The summed E-state index contributed by atoms with van der Waals surface area (Å²) in [6.45, 7) is 3.39. The van der Waals surface area contributed by atoms with E-state index in [1.807, 2.05) is 0 Å². The first-order valence-corrected chi connectivity index (χ1v) is 5.67. The maximum atomic E-state index is 11.6. The lowest BCUT2D eigenvalue weighted by Crippen LogP contribution is -2.29. The van der Waals surface area contributed by atoms with E-state index in [1.165, 1.54) is 0 Å². The minimum Gasteiger partial charge on any atom is -0.240 e. The van der Waals surface area contributed by atoms with Crippen LogP contribution in [0.1, 0.15) is 11.1 Å². The summed E-state index contributed by atoms with van der Waals surface area (Å²) in [6.07, 6.45) is 0. The van der Waals surface area contributed by atoms with Gasteiger partial charge in [-0.25, -0.2) is 14.3 Å². The highest BCUT2D eigenvalue weighted by atomic mass is 35.5. The molecule has 0 amide bonds. The quantitative estimate of drug-likeness (QED) is 0.477. The van der Waals surface area contributed by atoms with Gasteiger partial charge in [0.15, 0.2) is 0 Å². The van der Waals surface area contributed by atoms with Gasteiger partial charge in [0.2, 0.25) is 0 Å². The molecule has 2 N–H and O–H groups in total. The third-order valence-corrected chi connectivity index (χ3v) is 4.06. The number of sulfonamides is 1. The number of rotatable bonds is 2. The average molecular weight is 235 g/mol. The first-order valence-electron chi connectivity index (χ1n) is 3.89. The van der Waals surface area contributed by atoms with Gasteiger partial charge in [-0.3, -0.25) is 0 Å². The molecule has 0 radical (unpaired) electrons. The van der Waals surface area contributed by atoms with E-state index in [2.05, 4.69) is 0 Å². The Bertz CT molecular complexity index is 422. The smallest absolute Gasteiger partial charge is 0.240 e. The van der Waals surface area contributed by atoms with Gasteiger partial charge in [0.05, 0.1) is 4.90 Å². The van der Waals surface area contributed by atoms with Crippen LogP contribution in [-0.2, 0) is 10.0 Å². The molecule has 0 saturated heterocycles. The molecule has 1 rings (SSSR count). The summed E-state index contributed by atoms with van der Waals surface area (Å²) in [5, 5.41) is 0. The number of hydrazine groups is 1. The number of nitrogens with two attached hydrogens (primary N) is 1. The number of benzene rings is 1. The molecule has 0 fully saturated rings. The second-order valence-electron chi connectivity index (χ2n) is 2.97. The largest absolute Gasteiger partial charge is 0.270 e. The van der Waals surface area contributed by atoms with E-state index in [4.69, 9.17) is 17.6 Å². The summed E-state index contributed by atoms with van der Waals surface area (Å²) < 4.78 is 23.5. The normalized spacial score (nSPS) is 12.1. The molecule has 0 aliphatic rings. The topological polar surface area (TPSA) is 63.4 Å². The first kappa shape index (κ1) is 11.5. The van der Waals surface area contributed by atoms with Gasteiger partial charge in [-0.1, -0.05) is 18.2 Å². The number of hydrogen-bond donors (Lipinski definition) is 1. The second-order valence-corrected chi connectivity index (χ2v) is 5.28. The standard InChI is InChI=1S/C8H11ClN2O2S/c1-6-4-3-5-7(2)8(6)14(12,13)11(9)10/h3-5H,10H2,1-2H3. The van der Waals surface area contributed by atoms with Gasteiger partial charge < -0.3 is 0 Å². The van der Waals surface area contributed by atoms with Crippen molar-refractivity contribution in [3.63, 3.8) is 0 Å². The fourth-order valence-electron chi connectivity index (χ4n) is 1.29. The lowest BCUT2D eigenvalue weighted by molar-refractivity contribution is 0.544. The summed E-state index contributed by atoms with van der Waals surface area (Å²) in [6, 6.07) is 5.17. The van der Waals surface area contributed by atoms with Gasteiger partial charge >= 0.3 is 0 Å². The Morgan fingerprint density at radius 1 is 1.29 bits per heavy atom. The summed E-state index contributed by atoms with van der Waals surface area (Å²) in [5.41, 5.74) is 1.25. The van der Waals surface area contributed by atoms with Crippen LogP contribution < -0.4 is 5.84 Å². The third kappa shape index (κ3) is 1.90. The van der Waals surface area contributed by atoms with Crippen LogP contribution in [-0.4, -0.2) is 12.4 Å². The predicted molar refractivity (Wildman–Crippen MR) is 55.0 cm³/mol. The van der Waals surface area contributed by atoms with Crippen LogP contribution in [0.15, 0.2) is 23.1 Å². The zero-order valence-corrected chi connectivity index (χ0v) is 9.43. The highest BCUT2D eigenvalue weighted by molar-refractivity contribution is 7.90. The molecule has 0 spiro atoms. The summed E-state index contributed by atoms with van der Waals surface area (Å²) >= 11 is 5.27. The summed E-state index contributed by atoms with van der Waals surface area (Å²) in [5.74, 6) is 5.05. The van der Waals surface area contributed by atoms with Crippen LogP contribution >= 0.6 is 11.8 Å². The van der Waals surface area contributed by atoms with Crippen molar-refractivity contribution in [3.8, 4) is 0 Å². The van der Waals surface area contributed by atoms with E-state index in [-0.39, 0.29) is 8.83 Å². The number of halogens is 1. The lowest BCUT2D eigenvalue weighted by Gasteiger charge is -2.12. The molecular formula is C8H11ClN2O2S. The summed E-state index contributed by atoms with van der Waals surface area (Å²) in [4.78, 5) is 0.164. The summed E-state index contributed by atoms with van der Waals surface area (Å²) in [7, 11) is -3.76. The Hall–Kier alpha value is -0.620. The first-order chi connectivity index (χ1) is 6.37. The SMILES string of the molecule is Cc1cccc(C)c1S(=O)(=O)N(N)Cl. The minimum absolute atomic E-state index is 0.164. The van der Waals surface area contributed by atoms with Crippen molar-refractivity contribution >= 4 is 21.8 Å². The molecular weight excluding hydrogens is 224 g/mol. The van der Waals surface area contributed by atoms with Gasteiger partial charge in [-0.15, -0.1) is 0 Å². The van der Waals surface area contributed by atoms with Crippen molar-refractivity contribution in [1.82, 2.24) is 3.93 Å². The Morgan fingerprint density at radius 3 is 2.07 bits per heavy atom. The fourth-order valence-corrected chi connectivity index (χ4v) is 2.62. The van der Waals surface area contributed by atoms with Crippen LogP contribution in [0.3, 0.4) is 0 Å². The average Bonchev–Trinajstić information content (AvgIpc) is 2.02. The maximum absolute atomic E-state index is 11.6. The molecule has 0 saturated carbocycles. The molecule has 6 heteroatoms. The lowest BCUT2D eigenvalue weighted by atomic mass is 10.2. The Balaban J connectivity index is 3.48. The van der Waals surface area contributed by atoms with Crippen molar-refractivity contribution < 1.29 is 8.42 Å². The van der Waals surface area contributed by atoms with Crippen LogP contribution in [0.2, 0.25) is 0 Å². The second kappa shape index (κ2) is 3.86. The van der Waals surface area contributed by atoms with Gasteiger partial charge in [0.1, 0.15) is 0 Å². The zero-order valence-electron chi connectivity index (χ0n) is 7.86. The molecule has 78 valence electrons. The highest BCUT2D eigenvalue weighted by Crippen LogP contribution is 2.22. The molecule has 14 heavy (non-hydrogen) atoms. The highest BCUT2D eigenvalue weighted by Gasteiger charge is 2.23. The van der Waals surface area contributed by atoms with E-state index in [9.17, 15) is 8.42 Å². The fraction of sp³-hybridized carbons (Fsp3) is 0.250. The van der Waals surface area contributed by atoms with Crippen LogP contribution in [0.25, 0.3) is 0 Å². The van der Waals surface area contributed by atoms with Crippen molar-refractivity contribution in [2.75, 3.05) is 0 Å². The van der Waals surface area contributed by atoms with Crippen molar-refractivity contribution in [1.29, 1.82) is 0 Å². The van der Waals surface area contributed by atoms with Crippen LogP contribution in [0, 0.1) is 13.8 Å². The number of hydrogen-bond acceptors (Lipinski definition) is 3. The maximum Gasteiger partial charge on any atom is 0.270 e. The van der Waals surface area contributed by atoms with E-state index in [0.717, 1.165) is 0 Å². The molecule has 0 bridgehead atoms. The van der Waals surface area contributed by atoms with Crippen LogP contribution in [0.4, 0.5) is 0 Å².